The number of hydrogen-bond donors (Lipinski definition) is 1. The van der Waals surface area contributed by atoms with Crippen LogP contribution >= 0.6 is 23.2 Å². The number of allylic oxidation sites excluding steroid dienone is 1. The van der Waals surface area contributed by atoms with Crippen LogP contribution in [-0.2, 0) is 16.1 Å². The Morgan fingerprint density at radius 2 is 1.97 bits per heavy atom. The number of benzene rings is 1. The van der Waals surface area contributed by atoms with Gasteiger partial charge in [0.1, 0.15) is 0 Å². The summed E-state index contributed by atoms with van der Waals surface area (Å²) in [5.41, 5.74) is 1.55. The monoisotopic (exact) mass is 467 g/mol. The van der Waals surface area contributed by atoms with Crippen molar-refractivity contribution in [3.05, 3.63) is 45.7 Å². The number of aliphatic hydroxyl groups is 1. The summed E-state index contributed by atoms with van der Waals surface area (Å²) < 4.78 is 5.37. The maximum Gasteiger partial charge on any atom is 0.328 e. The van der Waals surface area contributed by atoms with Crippen molar-refractivity contribution >= 4 is 41.1 Å². The lowest BCUT2D eigenvalue weighted by molar-refractivity contribution is -0.137. The lowest BCUT2D eigenvalue weighted by Crippen LogP contribution is -2.63. The Bertz CT molecular complexity index is 969. The van der Waals surface area contributed by atoms with E-state index in [0.29, 0.717) is 34.7 Å². The molecule has 4 rings (SSSR count). The minimum Gasteiger partial charge on any atom is -0.394 e. The molecule has 3 aliphatic heterocycles. The number of halogens is 2. The number of aliphatic hydroxyl groups excluding tert-OH is 1. The van der Waals surface area contributed by atoms with Gasteiger partial charge in [0.2, 0.25) is 5.96 Å². The zero-order valence-electron chi connectivity index (χ0n) is 17.2. The molecular formula is C20H23Cl2N5O4. The molecule has 0 aliphatic carbocycles. The summed E-state index contributed by atoms with van der Waals surface area (Å²) in [6, 6.07) is 3.89. The van der Waals surface area contributed by atoms with Crippen LogP contribution in [-0.4, -0.2) is 88.2 Å². The van der Waals surface area contributed by atoms with Crippen LogP contribution in [0.15, 0.2) is 35.1 Å². The lowest BCUT2D eigenvalue weighted by atomic mass is 10.1. The van der Waals surface area contributed by atoms with Gasteiger partial charge in [-0.1, -0.05) is 29.3 Å². The first-order valence-electron chi connectivity index (χ1n) is 9.86. The Balaban J connectivity index is 1.55. The number of carbonyl (C=O) groups is 2. The predicted molar refractivity (Wildman–Crippen MR) is 115 cm³/mol. The summed E-state index contributed by atoms with van der Waals surface area (Å²) >= 11 is 12.2. The highest BCUT2D eigenvalue weighted by atomic mass is 35.5. The number of rotatable bonds is 7. The third-order valence-corrected chi connectivity index (χ3v) is 6.13. The summed E-state index contributed by atoms with van der Waals surface area (Å²) in [4.78, 5) is 37.5. The molecule has 0 radical (unpaired) electrons. The second-order valence-corrected chi connectivity index (χ2v) is 8.35. The molecule has 9 nitrogen and oxygen atoms in total. The summed E-state index contributed by atoms with van der Waals surface area (Å²) in [6.07, 6.45) is 1.25. The van der Waals surface area contributed by atoms with E-state index in [1.807, 2.05) is 22.9 Å². The SMILES string of the molecule is CC1=CN2C(=NC3C2C(=O)N(Cc2ccc(Cl)cc2Cl)C(=O)N3C)N1CCOCCO. The van der Waals surface area contributed by atoms with Crippen LogP contribution in [0.5, 0.6) is 0 Å². The van der Waals surface area contributed by atoms with Gasteiger partial charge in [-0.05, 0) is 24.6 Å². The zero-order chi connectivity index (χ0) is 22.3. The number of fused-ring (bicyclic) bond motifs is 3. The number of imide groups is 1. The molecule has 1 saturated heterocycles. The molecule has 0 aromatic heterocycles. The number of ether oxygens (including phenoxy) is 1. The minimum atomic E-state index is -0.651. The Morgan fingerprint density at radius 3 is 2.68 bits per heavy atom. The summed E-state index contributed by atoms with van der Waals surface area (Å²) in [7, 11) is 1.64. The Hall–Kier alpha value is -2.33. The van der Waals surface area contributed by atoms with Crippen LogP contribution < -0.4 is 0 Å². The second-order valence-electron chi connectivity index (χ2n) is 7.51. The van der Waals surface area contributed by atoms with Gasteiger partial charge in [-0.3, -0.25) is 9.69 Å². The molecule has 2 unspecified atom stereocenters. The average Bonchev–Trinajstić information content (AvgIpc) is 3.23. The van der Waals surface area contributed by atoms with Crippen LogP contribution in [0.3, 0.4) is 0 Å². The molecule has 3 amide bonds. The van der Waals surface area contributed by atoms with Gasteiger partial charge in [0, 0.05) is 35.5 Å². The predicted octanol–water partition coefficient (Wildman–Crippen LogP) is 1.94. The van der Waals surface area contributed by atoms with Gasteiger partial charge < -0.3 is 24.5 Å². The van der Waals surface area contributed by atoms with Crippen LogP contribution in [0.25, 0.3) is 0 Å². The number of urea groups is 1. The zero-order valence-corrected chi connectivity index (χ0v) is 18.7. The van der Waals surface area contributed by atoms with Crippen LogP contribution in [0.2, 0.25) is 10.0 Å². The van der Waals surface area contributed by atoms with Crippen LogP contribution in [0.4, 0.5) is 4.79 Å². The molecule has 0 saturated carbocycles. The number of guanidine groups is 1. The molecule has 0 spiro atoms. The van der Waals surface area contributed by atoms with Crippen molar-refractivity contribution in [3.8, 4) is 0 Å². The van der Waals surface area contributed by atoms with Crippen molar-refractivity contribution in [1.29, 1.82) is 0 Å². The topological polar surface area (TPSA) is 88.9 Å². The molecule has 1 N–H and O–H groups in total. The minimum absolute atomic E-state index is 0.0408. The van der Waals surface area contributed by atoms with Gasteiger partial charge in [-0.2, -0.15) is 0 Å². The van der Waals surface area contributed by atoms with Gasteiger partial charge in [-0.15, -0.1) is 0 Å². The van der Waals surface area contributed by atoms with Gasteiger partial charge in [-0.25, -0.2) is 9.79 Å². The lowest BCUT2D eigenvalue weighted by Gasteiger charge is -2.40. The van der Waals surface area contributed by atoms with Crippen molar-refractivity contribution < 1.29 is 19.4 Å². The Kier molecular flexibility index (Phi) is 6.11. The van der Waals surface area contributed by atoms with E-state index in [1.54, 1.807) is 25.2 Å². The van der Waals surface area contributed by atoms with Crippen molar-refractivity contribution in [1.82, 2.24) is 19.6 Å². The summed E-state index contributed by atoms with van der Waals surface area (Å²) in [6.45, 7) is 3.11. The number of aliphatic imine (C=N–C) groups is 1. The molecular weight excluding hydrogens is 445 g/mol. The summed E-state index contributed by atoms with van der Waals surface area (Å²) in [5.74, 6) is 0.278. The average molecular weight is 468 g/mol. The maximum atomic E-state index is 13.4. The molecule has 1 aromatic rings. The fourth-order valence-corrected chi connectivity index (χ4v) is 4.43. The van der Waals surface area contributed by atoms with E-state index in [9.17, 15) is 9.59 Å². The fraction of sp³-hybridized carbons (Fsp3) is 0.450. The van der Waals surface area contributed by atoms with Crippen molar-refractivity contribution in [3.63, 3.8) is 0 Å². The quantitative estimate of drug-likeness (QED) is 0.616. The molecule has 1 aromatic carbocycles. The number of amides is 3. The number of hydrogen-bond acceptors (Lipinski definition) is 7. The van der Waals surface area contributed by atoms with Crippen LogP contribution in [0.1, 0.15) is 12.5 Å². The molecule has 3 aliphatic rings. The number of carbonyl (C=O) groups excluding carboxylic acids is 2. The van der Waals surface area contributed by atoms with Crippen molar-refractivity contribution in [2.24, 2.45) is 4.99 Å². The van der Waals surface area contributed by atoms with E-state index in [0.717, 1.165) is 5.70 Å². The Labute approximate surface area is 190 Å². The summed E-state index contributed by atoms with van der Waals surface area (Å²) in [5, 5.41) is 9.75. The first-order chi connectivity index (χ1) is 14.8. The third-order valence-electron chi connectivity index (χ3n) is 5.54. The fourth-order valence-electron chi connectivity index (χ4n) is 3.97. The molecule has 166 valence electrons. The maximum absolute atomic E-state index is 13.4. The molecule has 31 heavy (non-hydrogen) atoms. The van der Waals surface area contributed by atoms with Gasteiger partial charge in [0.15, 0.2) is 12.2 Å². The standard InChI is InChI=1S/C20H23Cl2N5O4/c1-12-10-26-16-17(23-19(26)25(12)5-7-31-8-6-28)24(2)20(30)27(18(16)29)11-13-3-4-14(21)9-15(13)22/h3-4,9-10,16-17,28H,5-8,11H2,1-2H3. The normalized spacial score (nSPS) is 22.7. The van der Waals surface area contributed by atoms with E-state index >= 15 is 0 Å². The molecule has 3 heterocycles. The second kappa shape index (κ2) is 8.66. The molecule has 1 fully saturated rings. The molecule has 11 heteroatoms. The van der Waals surface area contributed by atoms with Crippen molar-refractivity contribution in [2.75, 3.05) is 33.4 Å². The van der Waals surface area contributed by atoms with E-state index < -0.39 is 18.2 Å². The van der Waals surface area contributed by atoms with E-state index in [4.69, 9.17) is 33.0 Å². The molecule has 0 bridgehead atoms. The van der Waals surface area contributed by atoms with Crippen LogP contribution in [0, 0.1) is 0 Å². The first kappa shape index (κ1) is 21.9. The largest absolute Gasteiger partial charge is 0.394 e. The highest BCUT2D eigenvalue weighted by molar-refractivity contribution is 6.35. The van der Waals surface area contributed by atoms with Crippen molar-refractivity contribution in [2.45, 2.75) is 25.7 Å². The van der Waals surface area contributed by atoms with Gasteiger partial charge in [0.25, 0.3) is 5.91 Å². The first-order valence-corrected chi connectivity index (χ1v) is 10.6. The highest BCUT2D eigenvalue weighted by Crippen LogP contribution is 2.34. The van der Waals surface area contributed by atoms with Gasteiger partial charge >= 0.3 is 6.03 Å². The van der Waals surface area contributed by atoms with E-state index in [2.05, 4.69) is 4.99 Å². The van der Waals surface area contributed by atoms with E-state index in [1.165, 1.54) is 9.80 Å². The highest BCUT2D eigenvalue weighted by Gasteiger charge is 2.54. The number of nitrogens with zero attached hydrogens (tertiary/aromatic N) is 5. The number of likely N-dealkylation sites (N-methyl/N-ethyl adjacent to an activating group) is 1. The smallest absolute Gasteiger partial charge is 0.328 e. The van der Waals surface area contributed by atoms with E-state index in [-0.39, 0.29) is 25.7 Å². The third kappa shape index (κ3) is 3.87. The Morgan fingerprint density at radius 1 is 1.19 bits per heavy atom. The molecule has 2 atom stereocenters. The van der Waals surface area contributed by atoms with Gasteiger partial charge in [0.05, 0.1) is 26.4 Å².